The summed E-state index contributed by atoms with van der Waals surface area (Å²) in [6.07, 6.45) is 5.11. The molecule has 0 spiro atoms. The largest absolute Gasteiger partial charge is 0.302 e. The van der Waals surface area contributed by atoms with Gasteiger partial charge in [0.25, 0.3) is 5.91 Å². The van der Waals surface area contributed by atoms with Crippen molar-refractivity contribution in [2.75, 3.05) is 5.32 Å². The molecule has 1 amide bonds. The maximum atomic E-state index is 13.0. The van der Waals surface area contributed by atoms with Gasteiger partial charge in [0.2, 0.25) is 0 Å². The van der Waals surface area contributed by atoms with E-state index in [0.29, 0.717) is 32.6 Å². The first-order valence-corrected chi connectivity index (χ1v) is 12.3. The number of nitrogens with one attached hydrogen (secondary N) is 1. The lowest BCUT2D eigenvalue weighted by Crippen LogP contribution is -2.14. The molecule has 0 unspecified atom stereocenters. The molecule has 0 aliphatic heterocycles. The van der Waals surface area contributed by atoms with Crippen molar-refractivity contribution >= 4 is 68.1 Å². The Morgan fingerprint density at radius 2 is 1.80 bits per heavy atom. The smallest absolute Gasteiger partial charge is 0.277 e. The van der Waals surface area contributed by atoms with Gasteiger partial charge in [-0.15, -0.1) is 0 Å². The molecule has 0 aliphatic rings. The third-order valence-corrected chi connectivity index (χ3v) is 6.77. The molecular formula is C22H16BrCl3N8O. The van der Waals surface area contributed by atoms with Crippen molar-refractivity contribution in [3.63, 3.8) is 0 Å². The van der Waals surface area contributed by atoms with Gasteiger partial charge in [0.05, 0.1) is 16.7 Å². The van der Waals surface area contributed by atoms with Crippen LogP contribution in [0.4, 0.5) is 5.82 Å². The van der Waals surface area contributed by atoms with Gasteiger partial charge in [0, 0.05) is 46.8 Å². The number of aryl methyl sites for hydroxylation is 1. The number of hydrogen-bond donors (Lipinski definition) is 1. The first kappa shape index (κ1) is 23.8. The number of carbonyl (C=O) groups is 1. The Hall–Kier alpha value is -2.92. The Bertz CT molecular complexity index is 1550. The number of nitrogens with zero attached hydrogens (tertiary/aromatic N) is 7. The monoisotopic (exact) mass is 592 g/mol. The first-order valence-electron chi connectivity index (χ1n) is 10.4. The summed E-state index contributed by atoms with van der Waals surface area (Å²) < 4.78 is 5.73. The second-order valence-electron chi connectivity index (χ2n) is 7.49. The van der Waals surface area contributed by atoms with E-state index in [1.165, 1.54) is 0 Å². The summed E-state index contributed by atoms with van der Waals surface area (Å²) in [4.78, 5) is 17.3. The maximum Gasteiger partial charge on any atom is 0.277 e. The van der Waals surface area contributed by atoms with Crippen molar-refractivity contribution in [1.29, 1.82) is 0 Å². The Morgan fingerprint density at radius 1 is 1.03 bits per heavy atom. The zero-order valence-electron chi connectivity index (χ0n) is 18.1. The standard InChI is InChI=1S/C22H16BrCl3N8O/c1-2-32-10-13(23)20(30-32)18-6-7-27-19-8-17(29-34(18)19)22(35)28-21-16(26)11-33(31-21)9-12-14(24)4-3-5-15(12)25/h3-8,10-11H,2,9H2,1H3,(H,28,31,35). The van der Waals surface area contributed by atoms with Crippen LogP contribution in [-0.2, 0) is 13.1 Å². The third kappa shape index (κ3) is 4.66. The second kappa shape index (κ2) is 9.62. The number of carbonyl (C=O) groups excluding carboxylic acids is 1. The van der Waals surface area contributed by atoms with Crippen molar-refractivity contribution in [2.45, 2.75) is 20.0 Å². The molecule has 0 fully saturated rings. The lowest BCUT2D eigenvalue weighted by Gasteiger charge is -2.06. The van der Waals surface area contributed by atoms with Gasteiger partial charge in [-0.1, -0.05) is 40.9 Å². The molecule has 0 aliphatic carbocycles. The summed E-state index contributed by atoms with van der Waals surface area (Å²) in [6.45, 7) is 3.00. The van der Waals surface area contributed by atoms with Gasteiger partial charge in [-0.2, -0.15) is 15.3 Å². The molecule has 4 aromatic heterocycles. The molecule has 0 saturated carbocycles. The molecule has 5 rings (SSSR count). The Balaban J connectivity index is 1.41. The fourth-order valence-electron chi connectivity index (χ4n) is 3.50. The van der Waals surface area contributed by atoms with Crippen LogP contribution in [0.5, 0.6) is 0 Å². The number of anilines is 1. The zero-order valence-corrected chi connectivity index (χ0v) is 21.9. The van der Waals surface area contributed by atoms with Crippen molar-refractivity contribution in [2.24, 2.45) is 0 Å². The lowest BCUT2D eigenvalue weighted by atomic mass is 10.2. The highest BCUT2D eigenvalue weighted by atomic mass is 79.9. The van der Waals surface area contributed by atoms with Crippen LogP contribution in [0.2, 0.25) is 15.1 Å². The van der Waals surface area contributed by atoms with Gasteiger partial charge in [-0.3, -0.25) is 14.2 Å². The average molecular weight is 595 g/mol. The minimum absolute atomic E-state index is 0.149. The van der Waals surface area contributed by atoms with Crippen LogP contribution in [0.1, 0.15) is 23.0 Å². The fraction of sp³-hybridized carbons (Fsp3) is 0.136. The molecule has 0 radical (unpaired) electrons. The minimum Gasteiger partial charge on any atom is -0.302 e. The van der Waals surface area contributed by atoms with Crippen LogP contribution < -0.4 is 5.32 Å². The summed E-state index contributed by atoms with van der Waals surface area (Å²) in [6, 6.07) is 8.62. The lowest BCUT2D eigenvalue weighted by molar-refractivity contribution is 0.102. The molecule has 4 heterocycles. The minimum atomic E-state index is -0.484. The van der Waals surface area contributed by atoms with Crippen LogP contribution in [-0.4, -0.2) is 40.1 Å². The Labute approximate surface area is 222 Å². The molecular weight excluding hydrogens is 579 g/mol. The highest BCUT2D eigenvalue weighted by Gasteiger charge is 2.19. The van der Waals surface area contributed by atoms with Gasteiger partial charge < -0.3 is 5.32 Å². The van der Waals surface area contributed by atoms with E-state index in [1.807, 2.05) is 13.1 Å². The van der Waals surface area contributed by atoms with Gasteiger partial charge in [0.15, 0.2) is 17.2 Å². The SMILES string of the molecule is CCn1cc(Br)c(-c2ccnc3cc(C(=O)Nc4nn(Cc5c(Cl)cccc5Cl)cc4Cl)nn23)n1. The third-order valence-electron chi connectivity index (χ3n) is 5.21. The highest BCUT2D eigenvalue weighted by molar-refractivity contribution is 9.10. The van der Waals surface area contributed by atoms with Crippen molar-refractivity contribution in [3.8, 4) is 11.4 Å². The summed E-state index contributed by atoms with van der Waals surface area (Å²) in [7, 11) is 0. The molecule has 9 nitrogen and oxygen atoms in total. The van der Waals surface area contributed by atoms with E-state index in [4.69, 9.17) is 34.8 Å². The molecule has 178 valence electrons. The highest BCUT2D eigenvalue weighted by Crippen LogP contribution is 2.28. The number of rotatable bonds is 6. The van der Waals surface area contributed by atoms with Gasteiger partial charge in [-0.25, -0.2) is 9.50 Å². The van der Waals surface area contributed by atoms with Crippen molar-refractivity contribution in [1.82, 2.24) is 34.2 Å². The maximum absolute atomic E-state index is 13.0. The van der Waals surface area contributed by atoms with Crippen molar-refractivity contribution < 1.29 is 4.79 Å². The molecule has 13 heteroatoms. The number of aromatic nitrogens is 7. The fourth-order valence-corrected chi connectivity index (χ4v) is 4.73. The number of amides is 1. The van der Waals surface area contributed by atoms with Gasteiger partial charge >= 0.3 is 0 Å². The number of fused-ring (bicyclic) bond motifs is 1. The van der Waals surface area contributed by atoms with E-state index in [0.717, 1.165) is 11.0 Å². The number of benzene rings is 1. The summed E-state index contributed by atoms with van der Waals surface area (Å²) >= 11 is 22.4. The van der Waals surface area contributed by atoms with E-state index in [1.54, 1.807) is 56.6 Å². The quantitative estimate of drug-likeness (QED) is 0.267. The normalized spacial score (nSPS) is 11.3. The molecule has 0 atom stereocenters. The van der Waals surface area contributed by atoms with Crippen LogP contribution in [0.25, 0.3) is 17.0 Å². The molecule has 1 aromatic carbocycles. The summed E-state index contributed by atoms with van der Waals surface area (Å²) in [5.74, 6) is -0.294. The molecule has 35 heavy (non-hydrogen) atoms. The average Bonchev–Trinajstić information content (AvgIpc) is 3.53. The molecule has 1 N–H and O–H groups in total. The van der Waals surface area contributed by atoms with Crippen LogP contribution in [0, 0.1) is 0 Å². The topological polar surface area (TPSA) is 94.9 Å². The Kier molecular flexibility index (Phi) is 6.54. The van der Waals surface area contributed by atoms with Gasteiger partial charge in [-0.05, 0) is 41.1 Å². The van der Waals surface area contributed by atoms with Crippen LogP contribution in [0.3, 0.4) is 0 Å². The number of hydrogen-bond acceptors (Lipinski definition) is 5. The van der Waals surface area contributed by atoms with Crippen LogP contribution >= 0.6 is 50.7 Å². The first-order chi connectivity index (χ1) is 16.8. The summed E-state index contributed by atoms with van der Waals surface area (Å²) in [5.41, 5.74) is 2.72. The predicted molar refractivity (Wildman–Crippen MR) is 138 cm³/mol. The zero-order chi connectivity index (χ0) is 24.7. The van der Waals surface area contributed by atoms with E-state index in [-0.39, 0.29) is 23.1 Å². The van der Waals surface area contributed by atoms with Gasteiger partial charge in [0.1, 0.15) is 10.7 Å². The molecule has 0 bridgehead atoms. The van der Waals surface area contributed by atoms with E-state index in [2.05, 4.69) is 41.5 Å². The second-order valence-corrected chi connectivity index (χ2v) is 9.56. The van der Waals surface area contributed by atoms with E-state index < -0.39 is 5.91 Å². The molecule has 5 aromatic rings. The number of halogens is 4. The van der Waals surface area contributed by atoms with E-state index in [9.17, 15) is 4.79 Å². The predicted octanol–water partition coefficient (Wildman–Crippen LogP) is 5.83. The summed E-state index contributed by atoms with van der Waals surface area (Å²) in [5, 5.41) is 17.4. The molecule has 0 saturated heterocycles. The van der Waals surface area contributed by atoms with Crippen LogP contribution in [0.15, 0.2) is 53.4 Å². The van der Waals surface area contributed by atoms with E-state index >= 15 is 0 Å². The Morgan fingerprint density at radius 3 is 2.51 bits per heavy atom. The van der Waals surface area contributed by atoms with Crippen molar-refractivity contribution in [3.05, 3.63) is 79.7 Å².